The fraction of sp³-hybridized carbons (Fsp3) is 0.238. The molecule has 1 heterocycles. The minimum Gasteiger partial charge on any atom is -0.324 e. The molecule has 8 heteroatoms. The van der Waals surface area contributed by atoms with E-state index in [9.17, 15) is 18.0 Å². The van der Waals surface area contributed by atoms with E-state index in [2.05, 4.69) is 5.32 Å². The summed E-state index contributed by atoms with van der Waals surface area (Å²) in [6, 6.07) is 12.0. The van der Waals surface area contributed by atoms with Gasteiger partial charge < -0.3 is 5.32 Å². The molecule has 1 aliphatic heterocycles. The van der Waals surface area contributed by atoms with Crippen LogP contribution in [0.1, 0.15) is 30.5 Å². The van der Waals surface area contributed by atoms with Crippen molar-refractivity contribution >= 4 is 44.0 Å². The molecule has 1 N–H and O–H groups in total. The van der Waals surface area contributed by atoms with Gasteiger partial charge in [-0.3, -0.25) is 9.59 Å². The summed E-state index contributed by atoms with van der Waals surface area (Å²) in [5.74, 6) is -1.32. The molecule has 0 aliphatic carbocycles. The van der Waals surface area contributed by atoms with Crippen LogP contribution in [-0.4, -0.2) is 31.1 Å². The highest BCUT2D eigenvalue weighted by atomic mass is 35.5. The number of benzene rings is 2. The number of amides is 2. The average molecular weight is 433 g/mol. The van der Waals surface area contributed by atoms with Gasteiger partial charge in [0.05, 0.1) is 0 Å². The maximum Gasteiger partial charge on any atom is 0.268 e. The van der Waals surface area contributed by atoms with Crippen molar-refractivity contribution in [3.05, 3.63) is 69.8 Å². The number of carbonyl (C=O) groups is 2. The van der Waals surface area contributed by atoms with Crippen LogP contribution in [0.4, 0.5) is 5.69 Å². The lowest BCUT2D eigenvalue weighted by molar-refractivity contribution is -0.126. The van der Waals surface area contributed by atoms with E-state index in [-0.39, 0.29) is 10.5 Å². The molecule has 0 atom stereocenters. The highest BCUT2D eigenvalue weighted by molar-refractivity contribution is 7.99. The first-order valence-corrected chi connectivity index (χ1v) is 10.9. The topological polar surface area (TPSA) is 83.6 Å². The van der Waals surface area contributed by atoms with E-state index in [1.807, 2.05) is 19.1 Å². The van der Waals surface area contributed by atoms with E-state index in [4.69, 9.17) is 11.6 Å². The van der Waals surface area contributed by atoms with Gasteiger partial charge in [0.1, 0.15) is 11.4 Å². The van der Waals surface area contributed by atoms with Gasteiger partial charge in [0.2, 0.25) is 5.91 Å². The minimum atomic E-state index is -4.13. The zero-order chi connectivity index (χ0) is 21.3. The van der Waals surface area contributed by atoms with E-state index in [0.717, 1.165) is 17.5 Å². The first-order valence-electron chi connectivity index (χ1n) is 9.08. The maximum atomic E-state index is 13.0. The summed E-state index contributed by atoms with van der Waals surface area (Å²) in [7, 11) is -4.13. The smallest absolute Gasteiger partial charge is 0.268 e. The summed E-state index contributed by atoms with van der Waals surface area (Å²) in [5, 5.41) is 3.06. The number of rotatable bonds is 5. The lowest BCUT2D eigenvalue weighted by Crippen LogP contribution is -2.38. The zero-order valence-electron chi connectivity index (χ0n) is 16.3. The van der Waals surface area contributed by atoms with Gasteiger partial charge in [0.25, 0.3) is 15.9 Å². The molecule has 1 aliphatic rings. The fourth-order valence-corrected chi connectivity index (χ4v) is 5.10. The van der Waals surface area contributed by atoms with E-state index < -0.39 is 28.4 Å². The van der Waals surface area contributed by atoms with Crippen LogP contribution in [-0.2, 0) is 26.0 Å². The second kappa shape index (κ2) is 8.00. The fourth-order valence-electron chi connectivity index (χ4n) is 3.16. The molecule has 0 radical (unpaired) electrons. The zero-order valence-corrected chi connectivity index (χ0v) is 17.9. The van der Waals surface area contributed by atoms with Crippen molar-refractivity contribution in [1.82, 2.24) is 4.31 Å². The number of nitrogens with one attached hydrogen (secondary N) is 1. The SMILES string of the molecule is CCc1ccc(C2=C(C)C(=O)N(CC(=O)Nc3cc(Cl)ccc3C)S2(=O)=O)cc1. The molecule has 0 fully saturated rings. The Morgan fingerprint density at radius 3 is 2.38 bits per heavy atom. The van der Waals surface area contributed by atoms with Crippen LogP contribution >= 0.6 is 11.6 Å². The van der Waals surface area contributed by atoms with Crippen molar-refractivity contribution in [2.45, 2.75) is 27.2 Å². The molecule has 0 bridgehead atoms. The Kier molecular flexibility index (Phi) is 5.82. The van der Waals surface area contributed by atoms with Crippen molar-refractivity contribution in [2.75, 3.05) is 11.9 Å². The summed E-state index contributed by atoms with van der Waals surface area (Å²) >= 11 is 5.95. The van der Waals surface area contributed by atoms with Gasteiger partial charge in [-0.05, 0) is 49.1 Å². The van der Waals surface area contributed by atoms with E-state index in [1.165, 1.54) is 6.92 Å². The molecule has 0 saturated carbocycles. The second-order valence-corrected chi connectivity index (χ2v) is 9.06. The van der Waals surface area contributed by atoms with Crippen LogP contribution in [0.15, 0.2) is 48.0 Å². The number of anilines is 1. The number of halogens is 1. The van der Waals surface area contributed by atoms with Crippen LogP contribution in [0.25, 0.3) is 4.91 Å². The number of sulfonamides is 1. The summed E-state index contributed by atoms with van der Waals surface area (Å²) < 4.78 is 26.7. The molecule has 2 amide bonds. The van der Waals surface area contributed by atoms with Gasteiger partial charge in [-0.25, -0.2) is 12.7 Å². The lowest BCUT2D eigenvalue weighted by Gasteiger charge is -2.17. The summed E-state index contributed by atoms with van der Waals surface area (Å²) in [6.07, 6.45) is 0.819. The van der Waals surface area contributed by atoms with Gasteiger partial charge in [-0.2, -0.15) is 0 Å². The lowest BCUT2D eigenvalue weighted by atomic mass is 10.1. The molecule has 152 valence electrons. The number of nitrogens with zero attached hydrogens (tertiary/aromatic N) is 1. The Hall–Kier alpha value is -2.64. The van der Waals surface area contributed by atoms with Gasteiger partial charge in [0, 0.05) is 16.3 Å². The van der Waals surface area contributed by atoms with Gasteiger partial charge >= 0.3 is 0 Å². The van der Waals surface area contributed by atoms with Crippen molar-refractivity contribution in [1.29, 1.82) is 0 Å². The van der Waals surface area contributed by atoms with Crippen LogP contribution < -0.4 is 5.32 Å². The number of carbonyl (C=O) groups excluding carboxylic acids is 2. The van der Waals surface area contributed by atoms with Crippen molar-refractivity contribution < 1.29 is 18.0 Å². The average Bonchev–Trinajstić information content (AvgIpc) is 2.84. The highest BCUT2D eigenvalue weighted by Gasteiger charge is 2.43. The molecule has 2 aromatic carbocycles. The largest absolute Gasteiger partial charge is 0.324 e. The number of aryl methyl sites for hydroxylation is 2. The normalized spacial score (nSPS) is 15.7. The standard InChI is InChI=1S/C21H21ClN2O4S/c1-4-15-6-8-16(9-7-15)20-14(3)21(26)24(29(20,27)28)12-19(25)23-18-11-17(22)10-5-13(18)2/h5-11H,4,12H2,1-3H3,(H,23,25). The Labute approximate surface area is 175 Å². The predicted octanol–water partition coefficient (Wildman–Crippen LogP) is 3.75. The highest BCUT2D eigenvalue weighted by Crippen LogP contribution is 2.35. The number of hydrogen-bond acceptors (Lipinski definition) is 4. The Morgan fingerprint density at radius 1 is 1.10 bits per heavy atom. The Morgan fingerprint density at radius 2 is 1.76 bits per heavy atom. The molecule has 0 saturated heterocycles. The quantitative estimate of drug-likeness (QED) is 0.779. The maximum absolute atomic E-state index is 13.0. The Bertz CT molecular complexity index is 1120. The predicted molar refractivity (Wildman–Crippen MR) is 114 cm³/mol. The van der Waals surface area contributed by atoms with Crippen molar-refractivity contribution in [3.8, 4) is 0 Å². The first-order chi connectivity index (χ1) is 13.6. The molecule has 0 aromatic heterocycles. The summed E-state index contributed by atoms with van der Waals surface area (Å²) in [6.45, 7) is 4.63. The molecular formula is C21H21ClN2O4S. The molecule has 29 heavy (non-hydrogen) atoms. The van der Waals surface area contributed by atoms with Gasteiger partial charge in [-0.15, -0.1) is 0 Å². The van der Waals surface area contributed by atoms with E-state index in [0.29, 0.717) is 20.6 Å². The minimum absolute atomic E-state index is 0.0584. The molecular weight excluding hydrogens is 412 g/mol. The summed E-state index contributed by atoms with van der Waals surface area (Å²) in [4.78, 5) is 25.0. The van der Waals surface area contributed by atoms with E-state index in [1.54, 1.807) is 37.3 Å². The monoisotopic (exact) mass is 432 g/mol. The van der Waals surface area contributed by atoms with Gasteiger partial charge in [-0.1, -0.05) is 48.9 Å². The van der Waals surface area contributed by atoms with Crippen molar-refractivity contribution in [3.63, 3.8) is 0 Å². The van der Waals surface area contributed by atoms with Crippen LogP contribution in [0.5, 0.6) is 0 Å². The molecule has 2 aromatic rings. The molecule has 0 unspecified atom stereocenters. The number of hydrogen-bond donors (Lipinski definition) is 1. The van der Waals surface area contributed by atoms with Crippen LogP contribution in [0.3, 0.4) is 0 Å². The molecule has 6 nitrogen and oxygen atoms in total. The third kappa shape index (κ3) is 4.06. The first kappa shape index (κ1) is 21.1. The van der Waals surface area contributed by atoms with Crippen molar-refractivity contribution in [2.24, 2.45) is 0 Å². The second-order valence-electron chi connectivity index (χ2n) is 6.83. The third-order valence-electron chi connectivity index (χ3n) is 4.82. The van der Waals surface area contributed by atoms with Gasteiger partial charge in [0.15, 0.2) is 0 Å². The molecule has 3 rings (SSSR count). The molecule has 0 spiro atoms. The van der Waals surface area contributed by atoms with Crippen LogP contribution in [0, 0.1) is 6.92 Å². The summed E-state index contributed by atoms with van der Waals surface area (Å²) in [5.41, 5.74) is 2.82. The third-order valence-corrected chi connectivity index (χ3v) is 6.99. The van der Waals surface area contributed by atoms with Crippen LogP contribution in [0.2, 0.25) is 5.02 Å². The van der Waals surface area contributed by atoms with E-state index >= 15 is 0 Å². The Balaban J connectivity index is 1.85.